The van der Waals surface area contributed by atoms with Gasteiger partial charge in [0.25, 0.3) is 0 Å². The molecule has 3 nitrogen and oxygen atoms in total. The first kappa shape index (κ1) is 13.6. The molecule has 0 fully saturated rings. The van der Waals surface area contributed by atoms with Crippen LogP contribution in [-0.4, -0.2) is 7.11 Å². The molecule has 3 rings (SSSR count). The third-order valence-electron chi connectivity index (χ3n) is 3.54. The molecule has 0 bridgehead atoms. The van der Waals surface area contributed by atoms with E-state index in [4.69, 9.17) is 14.9 Å². The monoisotopic (exact) mass is 285 g/mol. The van der Waals surface area contributed by atoms with Crippen molar-refractivity contribution in [1.29, 1.82) is 0 Å². The number of benzene rings is 2. The number of aryl methyl sites for hydroxylation is 1. The lowest BCUT2D eigenvalue weighted by Crippen LogP contribution is -2.12. The summed E-state index contributed by atoms with van der Waals surface area (Å²) in [4.78, 5) is 0. The summed E-state index contributed by atoms with van der Waals surface area (Å²) >= 11 is 0. The van der Waals surface area contributed by atoms with Crippen LogP contribution in [0.25, 0.3) is 11.0 Å². The van der Waals surface area contributed by atoms with E-state index in [9.17, 15) is 4.39 Å². The Bertz CT molecular complexity index is 795. The minimum atomic E-state index is -0.508. The van der Waals surface area contributed by atoms with Gasteiger partial charge >= 0.3 is 0 Å². The smallest absolute Gasteiger partial charge is 0.169 e. The molecular formula is C17H16FNO2. The molecule has 21 heavy (non-hydrogen) atoms. The van der Waals surface area contributed by atoms with Gasteiger partial charge in [-0.15, -0.1) is 0 Å². The minimum absolute atomic E-state index is 0.231. The van der Waals surface area contributed by atoms with Gasteiger partial charge in [-0.1, -0.05) is 29.8 Å². The zero-order chi connectivity index (χ0) is 15.0. The standard InChI is InChI=1S/C17H16FNO2/c1-10-6-7-14(20-2)12(8-10)16(19)15-9-11-4-3-5-13(18)17(11)21-15/h3-9,16H,19H2,1-2H3. The van der Waals surface area contributed by atoms with Gasteiger partial charge in [0.1, 0.15) is 11.5 Å². The first-order valence-electron chi connectivity index (χ1n) is 6.68. The van der Waals surface area contributed by atoms with Gasteiger partial charge in [-0.2, -0.15) is 0 Å². The van der Waals surface area contributed by atoms with Crippen molar-refractivity contribution in [3.8, 4) is 5.75 Å². The highest BCUT2D eigenvalue weighted by Gasteiger charge is 2.19. The first-order valence-corrected chi connectivity index (χ1v) is 6.68. The van der Waals surface area contributed by atoms with Crippen molar-refractivity contribution in [2.24, 2.45) is 5.73 Å². The van der Waals surface area contributed by atoms with Crippen molar-refractivity contribution >= 4 is 11.0 Å². The number of ether oxygens (including phenoxy) is 1. The molecule has 2 N–H and O–H groups in total. The van der Waals surface area contributed by atoms with Crippen LogP contribution in [0.1, 0.15) is 22.9 Å². The summed E-state index contributed by atoms with van der Waals surface area (Å²) in [6.07, 6.45) is 0. The second-order valence-corrected chi connectivity index (χ2v) is 5.03. The average Bonchev–Trinajstić information content (AvgIpc) is 2.92. The third-order valence-corrected chi connectivity index (χ3v) is 3.54. The van der Waals surface area contributed by atoms with E-state index in [0.29, 0.717) is 16.9 Å². The molecule has 108 valence electrons. The lowest BCUT2D eigenvalue weighted by atomic mass is 10.0. The zero-order valence-corrected chi connectivity index (χ0v) is 11.9. The minimum Gasteiger partial charge on any atom is -0.496 e. The van der Waals surface area contributed by atoms with Crippen LogP contribution in [-0.2, 0) is 0 Å². The Morgan fingerprint density at radius 1 is 1.19 bits per heavy atom. The normalized spacial score (nSPS) is 12.6. The maximum absolute atomic E-state index is 13.7. The molecule has 4 heteroatoms. The van der Waals surface area contributed by atoms with Crippen LogP contribution in [0.15, 0.2) is 46.9 Å². The molecular weight excluding hydrogens is 269 g/mol. The van der Waals surface area contributed by atoms with Crippen molar-refractivity contribution in [1.82, 2.24) is 0 Å². The van der Waals surface area contributed by atoms with Gasteiger partial charge in [-0.05, 0) is 25.1 Å². The lowest BCUT2D eigenvalue weighted by molar-refractivity contribution is 0.404. The summed E-state index contributed by atoms with van der Waals surface area (Å²) < 4.78 is 24.7. The molecule has 1 aromatic heterocycles. The Morgan fingerprint density at radius 3 is 2.71 bits per heavy atom. The predicted octanol–water partition coefficient (Wildman–Crippen LogP) is 3.94. The molecule has 0 aliphatic heterocycles. The van der Waals surface area contributed by atoms with Gasteiger partial charge in [0, 0.05) is 10.9 Å². The number of halogens is 1. The van der Waals surface area contributed by atoms with Crippen LogP contribution in [0.3, 0.4) is 0 Å². The van der Waals surface area contributed by atoms with Crippen LogP contribution in [0.4, 0.5) is 4.39 Å². The topological polar surface area (TPSA) is 48.4 Å². The molecule has 0 aliphatic rings. The maximum Gasteiger partial charge on any atom is 0.169 e. The summed E-state index contributed by atoms with van der Waals surface area (Å²) in [5.41, 5.74) is 8.40. The lowest BCUT2D eigenvalue weighted by Gasteiger charge is -2.14. The van der Waals surface area contributed by atoms with E-state index in [-0.39, 0.29) is 11.4 Å². The van der Waals surface area contributed by atoms with Crippen LogP contribution >= 0.6 is 0 Å². The van der Waals surface area contributed by atoms with Crippen LogP contribution in [0.2, 0.25) is 0 Å². The molecule has 1 unspecified atom stereocenters. The first-order chi connectivity index (χ1) is 10.1. The van der Waals surface area contributed by atoms with E-state index in [2.05, 4.69) is 0 Å². The van der Waals surface area contributed by atoms with E-state index < -0.39 is 6.04 Å². The van der Waals surface area contributed by atoms with Gasteiger partial charge in [0.05, 0.1) is 13.2 Å². The van der Waals surface area contributed by atoms with Gasteiger partial charge in [0.2, 0.25) is 0 Å². The fourth-order valence-electron chi connectivity index (χ4n) is 2.45. The summed E-state index contributed by atoms with van der Waals surface area (Å²) in [6.45, 7) is 1.98. The second kappa shape index (κ2) is 5.22. The van der Waals surface area contributed by atoms with E-state index in [1.54, 1.807) is 25.3 Å². The number of hydrogen-bond acceptors (Lipinski definition) is 3. The maximum atomic E-state index is 13.7. The SMILES string of the molecule is COc1ccc(C)cc1C(N)c1cc2cccc(F)c2o1. The molecule has 1 atom stereocenters. The number of methoxy groups -OCH3 is 1. The second-order valence-electron chi connectivity index (χ2n) is 5.03. The summed E-state index contributed by atoms with van der Waals surface area (Å²) in [7, 11) is 1.60. The fourth-order valence-corrected chi connectivity index (χ4v) is 2.45. The van der Waals surface area contributed by atoms with Crippen LogP contribution in [0.5, 0.6) is 5.75 Å². The molecule has 2 aromatic carbocycles. The number of furan rings is 1. The van der Waals surface area contributed by atoms with Crippen LogP contribution < -0.4 is 10.5 Å². The Balaban J connectivity index is 2.10. The van der Waals surface area contributed by atoms with E-state index >= 15 is 0 Å². The average molecular weight is 285 g/mol. The summed E-state index contributed by atoms with van der Waals surface area (Å²) in [6, 6.07) is 11.8. The Hall–Kier alpha value is -2.33. The van der Waals surface area contributed by atoms with E-state index in [1.807, 2.05) is 25.1 Å². The number of rotatable bonds is 3. The van der Waals surface area contributed by atoms with Crippen molar-refractivity contribution < 1.29 is 13.5 Å². The quantitative estimate of drug-likeness (QED) is 0.793. The van der Waals surface area contributed by atoms with Gasteiger partial charge in [0.15, 0.2) is 11.4 Å². The van der Waals surface area contributed by atoms with Gasteiger partial charge < -0.3 is 14.9 Å². The molecule has 1 heterocycles. The van der Waals surface area contributed by atoms with Crippen LogP contribution in [0, 0.1) is 12.7 Å². The van der Waals surface area contributed by atoms with E-state index in [0.717, 1.165) is 11.1 Å². The van der Waals surface area contributed by atoms with Gasteiger partial charge in [-0.25, -0.2) is 4.39 Å². The largest absolute Gasteiger partial charge is 0.496 e. The molecule has 0 radical (unpaired) electrons. The predicted molar refractivity (Wildman–Crippen MR) is 79.9 cm³/mol. The van der Waals surface area contributed by atoms with E-state index in [1.165, 1.54) is 6.07 Å². The Labute approximate surface area is 122 Å². The zero-order valence-electron chi connectivity index (χ0n) is 11.9. The highest BCUT2D eigenvalue weighted by Crippen LogP contribution is 2.32. The Morgan fingerprint density at radius 2 is 2.00 bits per heavy atom. The highest BCUT2D eigenvalue weighted by atomic mass is 19.1. The number of hydrogen-bond donors (Lipinski definition) is 1. The number of fused-ring (bicyclic) bond motifs is 1. The van der Waals surface area contributed by atoms with Crippen molar-refractivity contribution in [2.45, 2.75) is 13.0 Å². The molecule has 0 saturated heterocycles. The van der Waals surface area contributed by atoms with Gasteiger partial charge in [-0.3, -0.25) is 0 Å². The van der Waals surface area contributed by atoms with Crippen molar-refractivity contribution in [2.75, 3.05) is 7.11 Å². The fraction of sp³-hybridized carbons (Fsp3) is 0.176. The molecule has 3 aromatic rings. The molecule has 0 amide bonds. The summed E-state index contributed by atoms with van der Waals surface area (Å²) in [5.74, 6) is 0.815. The molecule has 0 saturated carbocycles. The summed E-state index contributed by atoms with van der Waals surface area (Å²) in [5, 5.41) is 0.701. The van der Waals surface area contributed by atoms with Crippen molar-refractivity contribution in [3.05, 3.63) is 65.2 Å². The molecule has 0 spiro atoms. The molecule has 0 aliphatic carbocycles. The number of nitrogens with two attached hydrogens (primary N) is 1. The Kier molecular flexibility index (Phi) is 3.39. The van der Waals surface area contributed by atoms with Crippen molar-refractivity contribution in [3.63, 3.8) is 0 Å². The highest BCUT2D eigenvalue weighted by molar-refractivity contribution is 5.78. The number of para-hydroxylation sites is 1. The third kappa shape index (κ3) is 2.38.